The van der Waals surface area contributed by atoms with Crippen LogP contribution in [0.25, 0.3) is 11.3 Å². The van der Waals surface area contributed by atoms with Crippen LogP contribution >= 0.6 is 11.3 Å². The summed E-state index contributed by atoms with van der Waals surface area (Å²) in [6, 6.07) is 8.11. The number of methoxy groups -OCH3 is 1. The predicted molar refractivity (Wildman–Crippen MR) is 104 cm³/mol. The molecule has 1 atom stereocenters. The average Bonchev–Trinajstić information content (AvgIpc) is 3.09. The molecular formula is C19H25N3O3S. The molecule has 0 aliphatic rings. The zero-order valence-corrected chi connectivity index (χ0v) is 16.4. The van der Waals surface area contributed by atoms with E-state index in [0.717, 1.165) is 11.3 Å². The van der Waals surface area contributed by atoms with Crippen LogP contribution in [0.4, 0.5) is 5.13 Å². The number of carbonyl (C=O) groups excluding carboxylic acids is 2. The zero-order valence-electron chi connectivity index (χ0n) is 15.6. The third-order valence-corrected chi connectivity index (χ3v) is 4.81. The smallest absolute Gasteiger partial charge is 0.309 e. The number of benzene rings is 1. The quantitative estimate of drug-likeness (QED) is 0.718. The highest BCUT2D eigenvalue weighted by Gasteiger charge is 2.19. The number of nitrogens with one attached hydrogen (secondary N) is 1. The standard InChI is InChI=1S/C19H25N3O3S/c1-5-22(10-14(3)18(24)25-4)11-17(23)21-19-20-16(12-26-19)15-8-6-13(2)7-9-15/h6-9,12,14H,5,10-11H2,1-4H3,(H,20,21,23). The Balaban J connectivity index is 1.92. The highest BCUT2D eigenvalue weighted by atomic mass is 32.1. The molecule has 0 spiro atoms. The van der Waals surface area contributed by atoms with Gasteiger partial charge in [0.05, 0.1) is 25.3 Å². The van der Waals surface area contributed by atoms with Gasteiger partial charge in [-0.15, -0.1) is 11.3 Å². The number of hydrogen-bond acceptors (Lipinski definition) is 6. The molecule has 2 rings (SSSR count). The zero-order chi connectivity index (χ0) is 19.1. The molecule has 0 saturated carbocycles. The van der Waals surface area contributed by atoms with Crippen molar-refractivity contribution in [2.24, 2.45) is 5.92 Å². The van der Waals surface area contributed by atoms with Gasteiger partial charge >= 0.3 is 5.97 Å². The number of aryl methyl sites for hydroxylation is 1. The topological polar surface area (TPSA) is 71.5 Å². The molecule has 0 bridgehead atoms. The van der Waals surface area contributed by atoms with Gasteiger partial charge in [0.15, 0.2) is 5.13 Å². The first kappa shape index (κ1) is 20.1. The summed E-state index contributed by atoms with van der Waals surface area (Å²) in [5.74, 6) is -0.694. The first-order chi connectivity index (χ1) is 12.4. The Bertz CT molecular complexity index is 743. The van der Waals surface area contributed by atoms with Crippen LogP contribution in [0.3, 0.4) is 0 Å². The Morgan fingerprint density at radius 2 is 2.00 bits per heavy atom. The molecule has 1 unspecified atom stereocenters. The number of rotatable bonds is 8. The molecule has 0 aliphatic carbocycles. The summed E-state index contributed by atoms with van der Waals surface area (Å²) in [6.45, 7) is 7.13. The van der Waals surface area contributed by atoms with Crippen LogP contribution in [0.1, 0.15) is 19.4 Å². The number of ether oxygens (including phenoxy) is 1. The van der Waals surface area contributed by atoms with Crippen molar-refractivity contribution in [1.82, 2.24) is 9.88 Å². The Hall–Kier alpha value is -2.25. The van der Waals surface area contributed by atoms with Gasteiger partial charge in [0.1, 0.15) is 0 Å². The highest BCUT2D eigenvalue weighted by Crippen LogP contribution is 2.25. The van der Waals surface area contributed by atoms with Gasteiger partial charge in [0.25, 0.3) is 0 Å². The van der Waals surface area contributed by atoms with Crippen LogP contribution in [0.5, 0.6) is 0 Å². The first-order valence-electron chi connectivity index (χ1n) is 8.55. The summed E-state index contributed by atoms with van der Waals surface area (Å²) >= 11 is 1.40. The van der Waals surface area contributed by atoms with Crippen molar-refractivity contribution in [3.63, 3.8) is 0 Å². The van der Waals surface area contributed by atoms with E-state index in [1.54, 1.807) is 6.92 Å². The van der Waals surface area contributed by atoms with Gasteiger partial charge in [-0.05, 0) is 13.5 Å². The monoisotopic (exact) mass is 375 g/mol. The maximum Gasteiger partial charge on any atom is 0.309 e. The molecule has 7 heteroatoms. The van der Waals surface area contributed by atoms with Crippen molar-refractivity contribution >= 4 is 28.3 Å². The Labute approximate surface area is 158 Å². The lowest BCUT2D eigenvalue weighted by Crippen LogP contribution is -2.38. The number of nitrogens with zero attached hydrogens (tertiary/aromatic N) is 2. The van der Waals surface area contributed by atoms with Gasteiger partial charge in [-0.1, -0.05) is 43.7 Å². The number of likely N-dealkylation sites (N-methyl/N-ethyl adjacent to an activating group) is 1. The van der Waals surface area contributed by atoms with Crippen LogP contribution in [0.15, 0.2) is 29.6 Å². The van der Waals surface area contributed by atoms with E-state index < -0.39 is 0 Å². The summed E-state index contributed by atoms with van der Waals surface area (Å²) in [7, 11) is 1.37. The number of anilines is 1. The molecular weight excluding hydrogens is 350 g/mol. The van der Waals surface area contributed by atoms with E-state index in [9.17, 15) is 9.59 Å². The Morgan fingerprint density at radius 3 is 2.62 bits per heavy atom. The van der Waals surface area contributed by atoms with Crippen LogP contribution < -0.4 is 5.32 Å². The SMILES string of the molecule is CCN(CC(=O)Nc1nc(-c2ccc(C)cc2)cs1)CC(C)C(=O)OC. The molecule has 26 heavy (non-hydrogen) atoms. The van der Waals surface area contributed by atoms with Gasteiger partial charge in [-0.3, -0.25) is 14.5 Å². The molecule has 1 N–H and O–H groups in total. The summed E-state index contributed by atoms with van der Waals surface area (Å²) in [4.78, 5) is 30.2. The van der Waals surface area contributed by atoms with E-state index in [0.29, 0.717) is 18.2 Å². The third kappa shape index (κ3) is 5.64. The lowest BCUT2D eigenvalue weighted by molar-refractivity contribution is -0.145. The second-order valence-electron chi connectivity index (χ2n) is 6.20. The fourth-order valence-electron chi connectivity index (χ4n) is 2.52. The van der Waals surface area contributed by atoms with Crippen LogP contribution in [0, 0.1) is 12.8 Å². The molecule has 1 aromatic carbocycles. The van der Waals surface area contributed by atoms with Gasteiger partial charge in [-0.25, -0.2) is 4.98 Å². The Kier molecular flexibility index (Phi) is 7.29. The lowest BCUT2D eigenvalue weighted by Gasteiger charge is -2.22. The molecule has 140 valence electrons. The minimum absolute atomic E-state index is 0.145. The van der Waals surface area contributed by atoms with Gasteiger partial charge in [-0.2, -0.15) is 0 Å². The van der Waals surface area contributed by atoms with E-state index in [2.05, 4.69) is 10.3 Å². The number of hydrogen-bond donors (Lipinski definition) is 1. The van der Waals surface area contributed by atoms with Crippen LogP contribution in [-0.2, 0) is 14.3 Å². The number of amides is 1. The van der Waals surface area contributed by atoms with Crippen molar-refractivity contribution in [2.75, 3.05) is 32.1 Å². The van der Waals surface area contributed by atoms with E-state index in [-0.39, 0.29) is 24.3 Å². The molecule has 2 aromatic rings. The molecule has 0 saturated heterocycles. The van der Waals surface area contributed by atoms with Gasteiger partial charge < -0.3 is 10.1 Å². The van der Waals surface area contributed by atoms with E-state index in [1.807, 2.05) is 48.4 Å². The van der Waals surface area contributed by atoms with Crippen molar-refractivity contribution < 1.29 is 14.3 Å². The fraction of sp³-hybridized carbons (Fsp3) is 0.421. The van der Waals surface area contributed by atoms with Gasteiger partial charge in [0.2, 0.25) is 5.91 Å². The maximum absolute atomic E-state index is 12.3. The summed E-state index contributed by atoms with van der Waals surface area (Å²) in [5.41, 5.74) is 3.06. The summed E-state index contributed by atoms with van der Waals surface area (Å²) in [5, 5.41) is 5.34. The fourth-order valence-corrected chi connectivity index (χ4v) is 3.25. The van der Waals surface area contributed by atoms with E-state index >= 15 is 0 Å². The Morgan fingerprint density at radius 1 is 1.31 bits per heavy atom. The van der Waals surface area contributed by atoms with Crippen molar-refractivity contribution in [3.8, 4) is 11.3 Å². The molecule has 0 aliphatic heterocycles. The minimum Gasteiger partial charge on any atom is -0.469 e. The number of thiazole rings is 1. The van der Waals surface area contributed by atoms with E-state index in [4.69, 9.17) is 4.74 Å². The third-order valence-electron chi connectivity index (χ3n) is 4.05. The first-order valence-corrected chi connectivity index (χ1v) is 9.43. The maximum atomic E-state index is 12.3. The summed E-state index contributed by atoms with van der Waals surface area (Å²) < 4.78 is 4.74. The summed E-state index contributed by atoms with van der Waals surface area (Å²) in [6.07, 6.45) is 0. The normalized spacial score (nSPS) is 12.0. The average molecular weight is 375 g/mol. The molecule has 0 radical (unpaired) electrons. The molecule has 6 nitrogen and oxygen atoms in total. The lowest BCUT2D eigenvalue weighted by atomic mass is 10.1. The van der Waals surface area contributed by atoms with Crippen LogP contribution in [-0.4, -0.2) is 48.5 Å². The van der Waals surface area contributed by atoms with Gasteiger partial charge in [0, 0.05) is 17.5 Å². The second-order valence-corrected chi connectivity index (χ2v) is 7.06. The van der Waals surface area contributed by atoms with Crippen molar-refractivity contribution in [3.05, 3.63) is 35.2 Å². The molecule has 0 fully saturated rings. The van der Waals surface area contributed by atoms with Crippen molar-refractivity contribution in [1.29, 1.82) is 0 Å². The largest absolute Gasteiger partial charge is 0.469 e. The number of esters is 1. The molecule has 1 aromatic heterocycles. The molecule has 1 amide bonds. The minimum atomic E-state index is -0.277. The van der Waals surface area contributed by atoms with Crippen LogP contribution in [0.2, 0.25) is 0 Å². The number of aromatic nitrogens is 1. The second kappa shape index (κ2) is 9.45. The predicted octanol–water partition coefficient (Wildman–Crippen LogP) is 3.19. The van der Waals surface area contributed by atoms with Crippen molar-refractivity contribution in [2.45, 2.75) is 20.8 Å². The highest BCUT2D eigenvalue weighted by molar-refractivity contribution is 7.14. The number of carbonyl (C=O) groups is 2. The van der Waals surface area contributed by atoms with E-state index in [1.165, 1.54) is 24.0 Å². The molecule has 1 heterocycles.